The minimum absolute atomic E-state index is 0.201. The van der Waals surface area contributed by atoms with Crippen LogP contribution in [0.1, 0.15) is 19.8 Å². The number of nitrogens with one attached hydrogen (secondary N) is 1. The fourth-order valence-corrected chi connectivity index (χ4v) is 2.02. The van der Waals surface area contributed by atoms with Gasteiger partial charge in [0.1, 0.15) is 0 Å². The Labute approximate surface area is 105 Å². The Balaban J connectivity index is 2.78. The van der Waals surface area contributed by atoms with Gasteiger partial charge in [0.25, 0.3) is 15.7 Å². The van der Waals surface area contributed by atoms with Crippen LogP contribution in [0.4, 0.5) is 5.69 Å². The van der Waals surface area contributed by atoms with Crippen molar-refractivity contribution in [1.29, 1.82) is 0 Å². The summed E-state index contributed by atoms with van der Waals surface area (Å²) in [7, 11) is -3.87. The molecule has 18 heavy (non-hydrogen) atoms. The maximum absolute atomic E-state index is 11.7. The van der Waals surface area contributed by atoms with Crippen molar-refractivity contribution < 1.29 is 18.2 Å². The van der Waals surface area contributed by atoms with E-state index in [9.17, 15) is 18.5 Å². The predicted octanol–water partition coefficient (Wildman–Crippen LogP) is 1.60. The van der Waals surface area contributed by atoms with Crippen molar-refractivity contribution in [2.75, 3.05) is 6.61 Å². The van der Waals surface area contributed by atoms with Crippen molar-refractivity contribution in [3.8, 4) is 0 Å². The van der Waals surface area contributed by atoms with Crippen molar-refractivity contribution in [3.63, 3.8) is 0 Å². The van der Waals surface area contributed by atoms with Gasteiger partial charge in [-0.25, -0.2) is 8.42 Å². The first-order valence-electron chi connectivity index (χ1n) is 5.35. The largest absolute Gasteiger partial charge is 0.287 e. The highest BCUT2D eigenvalue weighted by Crippen LogP contribution is 2.16. The van der Waals surface area contributed by atoms with Crippen LogP contribution in [0.25, 0.3) is 0 Å². The number of nitro groups is 1. The molecule has 1 N–H and O–H groups in total. The number of hydrogen-bond donors (Lipinski definition) is 1. The number of nitrogens with zero attached hydrogens (tertiary/aromatic N) is 1. The molecule has 100 valence electrons. The van der Waals surface area contributed by atoms with Gasteiger partial charge in [0.05, 0.1) is 16.4 Å². The van der Waals surface area contributed by atoms with E-state index < -0.39 is 14.9 Å². The Morgan fingerprint density at radius 3 is 2.78 bits per heavy atom. The lowest BCUT2D eigenvalue weighted by atomic mass is 10.3. The van der Waals surface area contributed by atoms with E-state index in [4.69, 9.17) is 4.84 Å². The normalized spacial score (nSPS) is 11.4. The summed E-state index contributed by atoms with van der Waals surface area (Å²) in [6.45, 7) is 2.20. The topological polar surface area (TPSA) is 98.5 Å². The van der Waals surface area contributed by atoms with Gasteiger partial charge in [0.2, 0.25) is 0 Å². The lowest BCUT2D eigenvalue weighted by Gasteiger charge is -2.06. The van der Waals surface area contributed by atoms with Gasteiger partial charge in [-0.2, -0.15) is 0 Å². The van der Waals surface area contributed by atoms with E-state index >= 15 is 0 Å². The molecule has 0 radical (unpaired) electrons. The third-order valence-corrected chi connectivity index (χ3v) is 3.32. The molecule has 0 aliphatic rings. The molecule has 0 bridgehead atoms. The van der Waals surface area contributed by atoms with Gasteiger partial charge in [0, 0.05) is 12.1 Å². The Morgan fingerprint density at radius 2 is 2.17 bits per heavy atom. The first-order chi connectivity index (χ1) is 8.47. The molecule has 0 heterocycles. The van der Waals surface area contributed by atoms with Gasteiger partial charge < -0.3 is 0 Å². The molecule has 1 aromatic carbocycles. The van der Waals surface area contributed by atoms with Crippen LogP contribution < -0.4 is 4.89 Å². The Kier molecular flexibility index (Phi) is 5.20. The van der Waals surface area contributed by atoms with Crippen LogP contribution >= 0.6 is 0 Å². The molecule has 7 nitrogen and oxygen atoms in total. The number of nitro benzene ring substituents is 1. The van der Waals surface area contributed by atoms with E-state index in [1.807, 2.05) is 11.8 Å². The molecule has 0 amide bonds. The van der Waals surface area contributed by atoms with Crippen LogP contribution in [0.2, 0.25) is 0 Å². The summed E-state index contributed by atoms with van der Waals surface area (Å²) in [4.78, 5) is 16.4. The molecule has 0 saturated heterocycles. The molecule has 1 aromatic rings. The summed E-state index contributed by atoms with van der Waals surface area (Å²) >= 11 is 0. The molecule has 0 aromatic heterocycles. The van der Waals surface area contributed by atoms with Crippen LogP contribution in [0, 0.1) is 10.1 Å². The van der Waals surface area contributed by atoms with Crippen molar-refractivity contribution in [3.05, 3.63) is 34.4 Å². The number of unbranched alkanes of at least 4 members (excludes halogenated alkanes) is 1. The second-order valence-corrected chi connectivity index (χ2v) is 5.19. The molecule has 8 heteroatoms. The maximum atomic E-state index is 11.7. The van der Waals surface area contributed by atoms with E-state index in [2.05, 4.69) is 0 Å². The number of non-ortho nitro benzene ring substituents is 1. The zero-order chi connectivity index (χ0) is 13.6. The van der Waals surface area contributed by atoms with E-state index in [1.165, 1.54) is 18.2 Å². The Morgan fingerprint density at radius 1 is 1.44 bits per heavy atom. The van der Waals surface area contributed by atoms with E-state index in [1.54, 1.807) is 0 Å². The highest BCUT2D eigenvalue weighted by atomic mass is 32.2. The fourth-order valence-electron chi connectivity index (χ4n) is 1.15. The van der Waals surface area contributed by atoms with Crippen molar-refractivity contribution in [2.45, 2.75) is 24.7 Å². The monoisotopic (exact) mass is 274 g/mol. The second kappa shape index (κ2) is 6.43. The van der Waals surface area contributed by atoms with Gasteiger partial charge in [-0.15, -0.1) is 0 Å². The van der Waals surface area contributed by atoms with Crippen molar-refractivity contribution in [1.82, 2.24) is 4.89 Å². The smallest absolute Gasteiger partial charge is 0.270 e. The van der Waals surface area contributed by atoms with Gasteiger partial charge in [-0.05, 0) is 12.5 Å². The van der Waals surface area contributed by atoms with Crippen LogP contribution in [0.15, 0.2) is 29.2 Å². The predicted molar refractivity (Wildman–Crippen MR) is 64.3 cm³/mol. The highest BCUT2D eigenvalue weighted by molar-refractivity contribution is 7.89. The first-order valence-corrected chi connectivity index (χ1v) is 6.83. The molecular formula is C10H14N2O5S. The third-order valence-electron chi connectivity index (χ3n) is 2.11. The number of rotatable bonds is 7. The molecule has 0 spiro atoms. The number of hydrogen-bond acceptors (Lipinski definition) is 5. The number of sulfonamides is 1. The van der Waals surface area contributed by atoms with Crippen molar-refractivity contribution in [2.24, 2.45) is 0 Å². The molecule has 0 saturated carbocycles. The molecule has 0 aliphatic heterocycles. The fraction of sp³-hybridized carbons (Fsp3) is 0.400. The molecule has 0 atom stereocenters. The molecule has 0 unspecified atom stereocenters. The quantitative estimate of drug-likeness (QED) is 0.462. The van der Waals surface area contributed by atoms with Gasteiger partial charge in [-0.1, -0.05) is 24.3 Å². The summed E-state index contributed by atoms with van der Waals surface area (Å²) in [6.07, 6.45) is 1.59. The third kappa shape index (κ3) is 4.06. The maximum Gasteiger partial charge on any atom is 0.270 e. The van der Waals surface area contributed by atoms with Crippen LogP contribution in [-0.2, 0) is 14.9 Å². The van der Waals surface area contributed by atoms with Gasteiger partial charge in [-0.3, -0.25) is 15.0 Å². The minimum Gasteiger partial charge on any atom is -0.287 e. The van der Waals surface area contributed by atoms with E-state index in [0.717, 1.165) is 18.9 Å². The highest BCUT2D eigenvalue weighted by Gasteiger charge is 2.17. The summed E-state index contributed by atoms with van der Waals surface area (Å²) in [6, 6.07) is 4.76. The first kappa shape index (κ1) is 14.6. The minimum atomic E-state index is -3.87. The Hall–Kier alpha value is -1.51. The van der Waals surface area contributed by atoms with Crippen LogP contribution in [0.3, 0.4) is 0 Å². The Bertz CT molecular complexity index is 515. The van der Waals surface area contributed by atoms with Crippen molar-refractivity contribution >= 4 is 15.7 Å². The van der Waals surface area contributed by atoms with E-state index in [-0.39, 0.29) is 17.2 Å². The zero-order valence-electron chi connectivity index (χ0n) is 9.83. The average Bonchev–Trinajstić information content (AvgIpc) is 2.35. The summed E-state index contributed by atoms with van der Waals surface area (Å²) in [5, 5.41) is 10.5. The standard InChI is InChI=1S/C10H14N2O5S/c1-2-3-7-17-11-18(15,16)10-6-4-5-9(8-10)12(13)14/h4-6,8,11H,2-3,7H2,1H3. The molecule has 0 fully saturated rings. The van der Waals surface area contributed by atoms with E-state index in [0.29, 0.717) is 0 Å². The average molecular weight is 274 g/mol. The van der Waals surface area contributed by atoms with Gasteiger partial charge in [0.15, 0.2) is 0 Å². The summed E-state index contributed by atoms with van der Waals surface area (Å²) in [5.41, 5.74) is -0.286. The molecule has 1 rings (SSSR count). The molecular weight excluding hydrogens is 260 g/mol. The zero-order valence-corrected chi connectivity index (χ0v) is 10.6. The van der Waals surface area contributed by atoms with Crippen LogP contribution in [0.5, 0.6) is 0 Å². The van der Waals surface area contributed by atoms with Gasteiger partial charge >= 0.3 is 0 Å². The molecule has 0 aliphatic carbocycles. The number of benzene rings is 1. The lowest BCUT2D eigenvalue weighted by molar-refractivity contribution is -0.385. The summed E-state index contributed by atoms with van der Waals surface area (Å²) < 4.78 is 23.4. The van der Waals surface area contributed by atoms with Crippen LogP contribution in [-0.4, -0.2) is 19.9 Å². The SMILES string of the molecule is CCCCONS(=O)(=O)c1cccc([N+](=O)[O-])c1. The summed E-state index contributed by atoms with van der Waals surface area (Å²) in [5.74, 6) is 0. The lowest BCUT2D eigenvalue weighted by Crippen LogP contribution is -2.24. The second-order valence-electron chi connectivity index (χ2n) is 3.54.